The molecule has 0 saturated heterocycles. The third-order valence-electron chi connectivity index (χ3n) is 4.54. The van der Waals surface area contributed by atoms with Gasteiger partial charge < -0.3 is 5.11 Å². The molecule has 0 radical (unpaired) electrons. The van der Waals surface area contributed by atoms with E-state index in [0.29, 0.717) is 29.3 Å². The summed E-state index contributed by atoms with van der Waals surface area (Å²) in [5.74, 6) is 0.339. The highest BCUT2D eigenvalue weighted by Gasteiger charge is 2.48. The molecule has 2 rings (SSSR count). The number of halogens is 3. The lowest BCUT2D eigenvalue weighted by molar-refractivity contribution is -0.0695. The molecule has 24 heavy (non-hydrogen) atoms. The highest BCUT2D eigenvalue weighted by atomic mass is 32.3. The summed E-state index contributed by atoms with van der Waals surface area (Å²) in [5, 5.41) is 10.4. The number of rotatable bonds is 6. The zero-order chi connectivity index (χ0) is 18.2. The van der Waals surface area contributed by atoms with Crippen LogP contribution in [-0.4, -0.2) is 39.7 Å². The van der Waals surface area contributed by atoms with Crippen molar-refractivity contribution in [2.24, 2.45) is 11.8 Å². The van der Waals surface area contributed by atoms with E-state index in [-0.39, 0.29) is 12.3 Å². The molecule has 2 fully saturated rings. The van der Waals surface area contributed by atoms with Gasteiger partial charge in [0.05, 0.1) is 12.2 Å². The van der Waals surface area contributed by atoms with Crippen molar-refractivity contribution in [3.05, 3.63) is 0 Å². The van der Waals surface area contributed by atoms with Crippen LogP contribution in [0.5, 0.6) is 0 Å². The summed E-state index contributed by atoms with van der Waals surface area (Å²) in [4.78, 5) is 0. The quantitative estimate of drug-likeness (QED) is 0.704. The van der Waals surface area contributed by atoms with Crippen LogP contribution in [0.1, 0.15) is 44.9 Å². The van der Waals surface area contributed by atoms with E-state index in [1.54, 1.807) is 0 Å². The van der Waals surface area contributed by atoms with Crippen LogP contribution in [0, 0.1) is 11.8 Å². The molecule has 2 bridgehead atoms. The van der Waals surface area contributed by atoms with E-state index < -0.39 is 38.0 Å². The molecule has 0 heterocycles. The first-order valence-corrected chi connectivity index (χ1v) is 10.4. The first kappa shape index (κ1) is 19.9. The van der Waals surface area contributed by atoms with E-state index in [4.69, 9.17) is 0 Å². The molecule has 0 spiro atoms. The lowest BCUT2D eigenvalue weighted by Crippen LogP contribution is -2.43. The van der Waals surface area contributed by atoms with Crippen molar-refractivity contribution in [1.29, 1.82) is 0 Å². The van der Waals surface area contributed by atoms with E-state index in [0.717, 1.165) is 19.3 Å². The van der Waals surface area contributed by atoms with Crippen LogP contribution in [0.3, 0.4) is 0 Å². The van der Waals surface area contributed by atoms with E-state index in [1.807, 2.05) is 0 Å². The van der Waals surface area contributed by atoms with E-state index in [2.05, 4.69) is 4.18 Å². The number of sulfonamides is 1. The van der Waals surface area contributed by atoms with Crippen molar-refractivity contribution in [1.82, 2.24) is 4.13 Å². The molecule has 0 amide bonds. The summed E-state index contributed by atoms with van der Waals surface area (Å²) in [6, 6.07) is 0. The molecule has 2 aliphatic carbocycles. The fourth-order valence-electron chi connectivity index (χ4n) is 3.69. The summed E-state index contributed by atoms with van der Waals surface area (Å²) in [6.07, 6.45) is 4.83. The molecule has 3 atom stereocenters. The fourth-order valence-corrected chi connectivity index (χ4v) is 5.65. The standard InChI is InChI=1S/C12H20F3NO6S2/c13-12(14,15)23(18,19)16-24(20,21)22-5-3-10-6-9-2-1-4-11(17,7-9)8-10/h9-10,16-17H,1-8H2. The molecule has 0 aromatic rings. The second-order valence-corrected chi connectivity index (χ2v) is 9.87. The van der Waals surface area contributed by atoms with Gasteiger partial charge in [-0.3, -0.25) is 4.18 Å². The van der Waals surface area contributed by atoms with Crippen LogP contribution >= 0.6 is 0 Å². The van der Waals surface area contributed by atoms with Crippen molar-refractivity contribution in [2.75, 3.05) is 6.61 Å². The molecule has 0 aliphatic heterocycles. The third-order valence-corrected chi connectivity index (χ3v) is 7.32. The minimum atomic E-state index is -6.04. The second-order valence-electron chi connectivity index (χ2n) is 6.59. The second kappa shape index (κ2) is 6.71. The van der Waals surface area contributed by atoms with Gasteiger partial charge in [-0.25, -0.2) is 8.42 Å². The molecular formula is C12H20F3NO6S2. The van der Waals surface area contributed by atoms with Crippen molar-refractivity contribution in [3.63, 3.8) is 0 Å². The van der Waals surface area contributed by atoms with Gasteiger partial charge in [0.15, 0.2) is 0 Å². The van der Waals surface area contributed by atoms with Crippen LogP contribution in [-0.2, 0) is 24.5 Å². The highest BCUT2D eigenvalue weighted by molar-refractivity contribution is 8.03. The molecular weight excluding hydrogens is 375 g/mol. The number of hydrogen-bond donors (Lipinski definition) is 2. The lowest BCUT2D eigenvalue weighted by atomic mass is 9.65. The molecule has 2 aliphatic rings. The Kier molecular flexibility index (Phi) is 5.56. The molecule has 2 N–H and O–H groups in total. The van der Waals surface area contributed by atoms with Crippen molar-refractivity contribution in [3.8, 4) is 0 Å². The minimum Gasteiger partial charge on any atom is -0.390 e. The van der Waals surface area contributed by atoms with Gasteiger partial charge >= 0.3 is 25.8 Å². The maximum absolute atomic E-state index is 12.2. The molecule has 142 valence electrons. The van der Waals surface area contributed by atoms with Crippen LogP contribution < -0.4 is 4.13 Å². The number of nitrogens with one attached hydrogen (secondary N) is 1. The van der Waals surface area contributed by atoms with Crippen LogP contribution in [0.15, 0.2) is 0 Å². The van der Waals surface area contributed by atoms with Crippen molar-refractivity contribution >= 4 is 20.3 Å². The normalized spacial score (nSPS) is 31.8. The average molecular weight is 395 g/mol. The van der Waals surface area contributed by atoms with Crippen LogP contribution in [0.25, 0.3) is 0 Å². The van der Waals surface area contributed by atoms with Crippen LogP contribution in [0.2, 0.25) is 0 Å². The zero-order valence-corrected chi connectivity index (χ0v) is 14.4. The van der Waals surface area contributed by atoms with Crippen molar-refractivity contribution < 1.29 is 39.3 Å². The zero-order valence-electron chi connectivity index (χ0n) is 12.8. The maximum atomic E-state index is 12.2. The Morgan fingerprint density at radius 3 is 2.46 bits per heavy atom. The van der Waals surface area contributed by atoms with Gasteiger partial charge in [0.25, 0.3) is 0 Å². The number of hydrogen-bond acceptors (Lipinski definition) is 6. The van der Waals surface area contributed by atoms with E-state index >= 15 is 0 Å². The molecule has 3 unspecified atom stereocenters. The molecule has 0 aromatic heterocycles. The highest BCUT2D eigenvalue weighted by Crippen LogP contribution is 2.46. The minimum absolute atomic E-state index is 0.0107. The topological polar surface area (TPSA) is 110 Å². The third kappa shape index (κ3) is 5.04. The summed E-state index contributed by atoms with van der Waals surface area (Å²) in [5.41, 5.74) is -6.50. The molecule has 12 heteroatoms. The Balaban J connectivity index is 1.85. The molecule has 2 saturated carbocycles. The van der Waals surface area contributed by atoms with Gasteiger partial charge in [0.2, 0.25) is 0 Å². The maximum Gasteiger partial charge on any atom is 0.512 e. The van der Waals surface area contributed by atoms with Gasteiger partial charge in [0.1, 0.15) is 0 Å². The Morgan fingerprint density at radius 2 is 1.88 bits per heavy atom. The SMILES string of the molecule is O=S(=O)(NS(=O)(=O)C(F)(F)F)OCCC1CC2CCCC(O)(C2)C1. The van der Waals surface area contributed by atoms with Gasteiger partial charge in [-0.1, -0.05) is 17.0 Å². The molecule has 7 nitrogen and oxygen atoms in total. The monoisotopic (exact) mass is 395 g/mol. The smallest absolute Gasteiger partial charge is 0.390 e. The largest absolute Gasteiger partial charge is 0.512 e. The summed E-state index contributed by atoms with van der Waals surface area (Å²) < 4.78 is 85.5. The van der Waals surface area contributed by atoms with Gasteiger partial charge in [-0.05, 0) is 43.9 Å². The predicted molar refractivity (Wildman–Crippen MR) is 77.2 cm³/mol. The number of aliphatic hydroxyl groups is 1. The Hall–Kier alpha value is -0.430. The predicted octanol–water partition coefficient (Wildman–Crippen LogP) is 1.41. The van der Waals surface area contributed by atoms with E-state index in [1.165, 1.54) is 0 Å². The summed E-state index contributed by atoms with van der Waals surface area (Å²) in [6.45, 7) is -0.448. The van der Waals surface area contributed by atoms with Gasteiger partial charge in [-0.2, -0.15) is 21.6 Å². The number of fused-ring (bicyclic) bond motifs is 2. The summed E-state index contributed by atoms with van der Waals surface area (Å²) >= 11 is 0. The number of alkyl halides is 3. The Morgan fingerprint density at radius 1 is 1.21 bits per heavy atom. The van der Waals surface area contributed by atoms with Gasteiger partial charge in [0, 0.05) is 0 Å². The lowest BCUT2D eigenvalue weighted by Gasteiger charge is -2.45. The van der Waals surface area contributed by atoms with Crippen LogP contribution in [0.4, 0.5) is 13.2 Å². The Bertz CT molecular complexity index is 663. The first-order valence-electron chi connectivity index (χ1n) is 7.54. The first-order chi connectivity index (χ1) is 10.8. The fraction of sp³-hybridized carbons (Fsp3) is 1.00. The average Bonchev–Trinajstić information content (AvgIpc) is 2.34. The summed E-state index contributed by atoms with van der Waals surface area (Å²) in [7, 11) is -11.1. The van der Waals surface area contributed by atoms with Crippen molar-refractivity contribution in [2.45, 2.75) is 56.1 Å². The van der Waals surface area contributed by atoms with E-state index in [9.17, 15) is 35.1 Å². The molecule has 0 aromatic carbocycles. The Labute approximate surface area is 138 Å². The van der Waals surface area contributed by atoms with Gasteiger partial charge in [-0.15, -0.1) is 0 Å².